The molecule has 0 spiro atoms. The molecule has 0 aliphatic heterocycles. The van der Waals surface area contributed by atoms with Crippen molar-refractivity contribution >= 4 is 16.8 Å². The average Bonchev–Trinajstić information content (AvgIpc) is 2.90. The van der Waals surface area contributed by atoms with Gasteiger partial charge in [0, 0.05) is 0 Å². The van der Waals surface area contributed by atoms with E-state index in [1.165, 1.54) is 29.5 Å². The van der Waals surface area contributed by atoms with Gasteiger partial charge in [-0.1, -0.05) is 0 Å². The van der Waals surface area contributed by atoms with Crippen LogP contribution in [0.5, 0.6) is 0 Å². The number of aromatic nitrogens is 4. The molecule has 0 amide bonds. The van der Waals surface area contributed by atoms with E-state index in [9.17, 15) is 18.0 Å². The molecule has 0 bridgehead atoms. The Bertz CT molecular complexity index is 631. The monoisotopic (exact) mass is 320 g/mol. The normalized spacial score (nSPS) is 11.6. The second-order valence-corrected chi connectivity index (χ2v) is 4.23. The Labute approximate surface area is 121 Å². The first-order valence-electron chi connectivity index (χ1n) is 5.56. The van der Waals surface area contributed by atoms with Crippen molar-refractivity contribution in [3.63, 3.8) is 0 Å². The summed E-state index contributed by atoms with van der Waals surface area (Å²) in [7, 11) is 0. The number of halogens is 4. The van der Waals surface area contributed by atoms with Gasteiger partial charge in [-0.25, -0.2) is 14.6 Å². The van der Waals surface area contributed by atoms with Crippen LogP contribution in [0.25, 0.3) is 5.82 Å². The van der Waals surface area contributed by atoms with E-state index in [1.807, 2.05) is 0 Å². The van der Waals surface area contributed by atoms with Gasteiger partial charge in [-0.05, 0) is 23.7 Å². The molecule has 0 saturated carbocycles. The highest BCUT2D eigenvalue weighted by Gasteiger charge is 2.27. The standard InChI is InChI=1S/C11H8ClF3N4O2/c12-10(20)7-1-2-9(19-6-16-5-17-19)18-8(7)3-21-4-11(13,14)15/h1-2,5-6H,3-4H2. The van der Waals surface area contributed by atoms with Gasteiger partial charge < -0.3 is 4.74 Å². The summed E-state index contributed by atoms with van der Waals surface area (Å²) in [6, 6.07) is 2.78. The number of hydrogen-bond donors (Lipinski definition) is 0. The third kappa shape index (κ3) is 4.23. The number of alkyl halides is 3. The van der Waals surface area contributed by atoms with E-state index in [1.54, 1.807) is 0 Å². The van der Waals surface area contributed by atoms with Crippen molar-refractivity contribution in [2.45, 2.75) is 12.8 Å². The predicted molar refractivity (Wildman–Crippen MR) is 65.0 cm³/mol. The summed E-state index contributed by atoms with van der Waals surface area (Å²) in [5.41, 5.74) is -0.0324. The largest absolute Gasteiger partial charge is 0.411 e. The van der Waals surface area contributed by atoms with Crippen molar-refractivity contribution < 1.29 is 22.7 Å². The van der Waals surface area contributed by atoms with E-state index in [0.717, 1.165) is 0 Å². The summed E-state index contributed by atoms with van der Waals surface area (Å²) in [6.45, 7) is -1.95. The lowest BCUT2D eigenvalue weighted by Gasteiger charge is -2.10. The molecule has 6 nitrogen and oxygen atoms in total. The number of hydrogen-bond acceptors (Lipinski definition) is 5. The first-order chi connectivity index (χ1) is 9.87. The summed E-state index contributed by atoms with van der Waals surface area (Å²) in [4.78, 5) is 19.0. The number of pyridine rings is 1. The lowest BCUT2D eigenvalue weighted by atomic mass is 10.2. The summed E-state index contributed by atoms with van der Waals surface area (Å²) in [5.74, 6) is 0.278. The van der Waals surface area contributed by atoms with E-state index in [-0.39, 0.29) is 17.1 Å². The van der Waals surface area contributed by atoms with Crippen molar-refractivity contribution in [2.75, 3.05) is 6.61 Å². The quantitative estimate of drug-likeness (QED) is 0.789. The third-order valence-electron chi connectivity index (χ3n) is 2.33. The van der Waals surface area contributed by atoms with E-state index >= 15 is 0 Å². The number of carbonyl (C=O) groups excluding carboxylic acids is 1. The highest BCUT2D eigenvalue weighted by molar-refractivity contribution is 6.67. The Morgan fingerprint density at radius 3 is 2.71 bits per heavy atom. The minimum atomic E-state index is -4.46. The Balaban J connectivity index is 2.23. The smallest absolute Gasteiger partial charge is 0.366 e. The Kier molecular flexibility index (Phi) is 4.53. The Morgan fingerprint density at radius 2 is 2.14 bits per heavy atom. The van der Waals surface area contributed by atoms with Gasteiger partial charge in [0.15, 0.2) is 5.82 Å². The summed E-state index contributed by atoms with van der Waals surface area (Å²) in [5, 5.41) is 2.99. The van der Waals surface area contributed by atoms with Crippen LogP contribution in [0.3, 0.4) is 0 Å². The number of carbonyl (C=O) groups is 1. The molecule has 2 aromatic rings. The molecule has 0 saturated heterocycles. The molecule has 0 atom stereocenters. The molecule has 21 heavy (non-hydrogen) atoms. The summed E-state index contributed by atoms with van der Waals surface area (Å²) < 4.78 is 42.0. The van der Waals surface area contributed by atoms with Crippen molar-refractivity contribution in [1.29, 1.82) is 0 Å². The van der Waals surface area contributed by atoms with E-state index in [0.29, 0.717) is 0 Å². The van der Waals surface area contributed by atoms with Crippen molar-refractivity contribution in [3.8, 4) is 5.82 Å². The van der Waals surface area contributed by atoms with Gasteiger partial charge in [-0.3, -0.25) is 4.79 Å². The van der Waals surface area contributed by atoms with Gasteiger partial charge in [0.05, 0.1) is 17.9 Å². The van der Waals surface area contributed by atoms with E-state index < -0.39 is 24.6 Å². The summed E-state index contributed by atoms with van der Waals surface area (Å²) >= 11 is 5.36. The van der Waals surface area contributed by atoms with Crippen LogP contribution < -0.4 is 0 Å². The van der Waals surface area contributed by atoms with Crippen LogP contribution in [0.1, 0.15) is 16.1 Å². The molecule has 0 aromatic carbocycles. The average molecular weight is 321 g/mol. The lowest BCUT2D eigenvalue weighted by Crippen LogP contribution is -2.18. The van der Waals surface area contributed by atoms with Crippen molar-refractivity contribution in [3.05, 3.63) is 36.0 Å². The predicted octanol–water partition coefficient (Wildman–Crippen LogP) is 2.12. The maximum absolute atomic E-state index is 12.1. The summed E-state index contributed by atoms with van der Waals surface area (Å²) in [6.07, 6.45) is -1.85. The van der Waals surface area contributed by atoms with Crippen molar-refractivity contribution in [1.82, 2.24) is 19.7 Å². The molecule has 0 N–H and O–H groups in total. The van der Waals surface area contributed by atoms with Crippen LogP contribution in [0.4, 0.5) is 13.2 Å². The van der Waals surface area contributed by atoms with Gasteiger partial charge in [0.2, 0.25) is 0 Å². The molecule has 0 fully saturated rings. The van der Waals surface area contributed by atoms with E-state index in [2.05, 4.69) is 19.8 Å². The highest BCUT2D eigenvalue weighted by Crippen LogP contribution is 2.18. The zero-order valence-electron chi connectivity index (χ0n) is 10.3. The highest BCUT2D eigenvalue weighted by atomic mass is 35.5. The Morgan fingerprint density at radius 1 is 1.38 bits per heavy atom. The molecule has 0 aliphatic rings. The molecule has 112 valence electrons. The van der Waals surface area contributed by atoms with Gasteiger partial charge in [0.25, 0.3) is 5.24 Å². The van der Waals surface area contributed by atoms with Crippen LogP contribution in [0, 0.1) is 0 Å². The molecule has 2 heterocycles. The maximum Gasteiger partial charge on any atom is 0.411 e. The number of ether oxygens (including phenoxy) is 1. The van der Waals surface area contributed by atoms with Crippen LogP contribution in [0.15, 0.2) is 24.8 Å². The molecule has 2 rings (SSSR count). The fourth-order valence-corrected chi connectivity index (χ4v) is 1.67. The second kappa shape index (κ2) is 6.19. The topological polar surface area (TPSA) is 69.9 Å². The fourth-order valence-electron chi connectivity index (χ4n) is 1.50. The zero-order chi connectivity index (χ0) is 15.5. The van der Waals surface area contributed by atoms with Crippen LogP contribution in [0.2, 0.25) is 0 Å². The number of nitrogens with zero attached hydrogens (tertiary/aromatic N) is 4. The number of rotatable bonds is 5. The van der Waals surface area contributed by atoms with Gasteiger partial charge in [0.1, 0.15) is 19.3 Å². The molecule has 10 heteroatoms. The van der Waals surface area contributed by atoms with E-state index in [4.69, 9.17) is 11.6 Å². The van der Waals surface area contributed by atoms with Gasteiger partial charge in [-0.2, -0.15) is 18.3 Å². The van der Waals surface area contributed by atoms with Gasteiger partial charge >= 0.3 is 6.18 Å². The third-order valence-corrected chi connectivity index (χ3v) is 2.53. The second-order valence-electron chi connectivity index (χ2n) is 3.89. The van der Waals surface area contributed by atoms with Crippen LogP contribution in [-0.2, 0) is 11.3 Å². The Hall–Kier alpha value is -2.00. The molecule has 0 unspecified atom stereocenters. The lowest BCUT2D eigenvalue weighted by molar-refractivity contribution is -0.176. The van der Waals surface area contributed by atoms with Crippen LogP contribution in [-0.4, -0.2) is 37.8 Å². The first-order valence-corrected chi connectivity index (χ1v) is 5.94. The molecule has 0 radical (unpaired) electrons. The molecule has 0 aliphatic carbocycles. The minimum Gasteiger partial charge on any atom is -0.366 e. The molecular formula is C11H8ClF3N4O2. The van der Waals surface area contributed by atoms with Crippen LogP contribution >= 0.6 is 11.6 Å². The fraction of sp³-hybridized carbons (Fsp3) is 0.273. The van der Waals surface area contributed by atoms with Gasteiger partial charge in [-0.15, -0.1) is 0 Å². The molecule has 2 aromatic heterocycles. The zero-order valence-corrected chi connectivity index (χ0v) is 11.1. The molecular weight excluding hydrogens is 313 g/mol. The SMILES string of the molecule is O=C(Cl)c1ccc(-n2cncn2)nc1COCC(F)(F)F. The van der Waals surface area contributed by atoms with Crippen molar-refractivity contribution in [2.24, 2.45) is 0 Å². The first kappa shape index (κ1) is 15.4. The minimum absolute atomic E-state index is 0.00718. The maximum atomic E-state index is 12.1.